The number of fused-ring (bicyclic) bond motifs is 5. The standard InChI is InChI=1S/C34H30N2O3/c1-38-22-27-31-28(18-23(21-37)19-30(31)39-2)35-20-29-33(32(27)35)36(29)34(24-12-6-3-7-13-24,25-14-8-4-9-15-25)26-16-10-5-11-17-26/h3-19,21,29,33H,20,22H2,1-2H3/t29-,33-,36?/m0/s1. The summed E-state index contributed by atoms with van der Waals surface area (Å²) >= 11 is 0. The van der Waals surface area contributed by atoms with Crippen molar-refractivity contribution < 1.29 is 14.3 Å². The number of nitrogens with zero attached hydrogens (tertiary/aromatic N) is 2. The first-order valence-electron chi connectivity index (χ1n) is 13.4. The molecule has 2 aliphatic rings. The molecule has 0 radical (unpaired) electrons. The Kier molecular flexibility index (Phi) is 5.65. The van der Waals surface area contributed by atoms with E-state index in [1.54, 1.807) is 14.2 Å². The van der Waals surface area contributed by atoms with E-state index in [1.165, 1.54) is 22.4 Å². The van der Waals surface area contributed by atoms with E-state index in [1.807, 2.05) is 12.1 Å². The Hall–Kier alpha value is -4.19. The minimum Gasteiger partial charge on any atom is -0.496 e. The number of methoxy groups -OCH3 is 2. The van der Waals surface area contributed by atoms with Crippen LogP contribution in [0.4, 0.5) is 0 Å². The molecule has 3 heterocycles. The van der Waals surface area contributed by atoms with Crippen molar-refractivity contribution in [3.8, 4) is 5.75 Å². The van der Waals surface area contributed by atoms with Crippen LogP contribution in [0.1, 0.15) is 44.3 Å². The van der Waals surface area contributed by atoms with Gasteiger partial charge in [-0.1, -0.05) is 91.0 Å². The van der Waals surface area contributed by atoms with Crippen LogP contribution in [0.3, 0.4) is 0 Å². The number of hydrogen-bond acceptors (Lipinski definition) is 4. The number of ether oxygens (including phenoxy) is 2. The third-order valence-corrected chi connectivity index (χ3v) is 8.48. The Labute approximate surface area is 228 Å². The summed E-state index contributed by atoms with van der Waals surface area (Å²) in [5, 5.41) is 1.04. The van der Waals surface area contributed by atoms with E-state index in [4.69, 9.17) is 9.47 Å². The molecule has 5 heteroatoms. The third kappa shape index (κ3) is 3.37. The maximum absolute atomic E-state index is 11.8. The van der Waals surface area contributed by atoms with E-state index in [9.17, 15) is 4.79 Å². The summed E-state index contributed by atoms with van der Waals surface area (Å²) in [6.45, 7) is 1.31. The third-order valence-electron chi connectivity index (χ3n) is 8.48. The molecule has 0 bridgehead atoms. The van der Waals surface area contributed by atoms with Crippen LogP contribution in [-0.4, -0.2) is 36.0 Å². The molecule has 4 aromatic carbocycles. The lowest BCUT2D eigenvalue weighted by molar-refractivity contribution is 0.112. The van der Waals surface area contributed by atoms with Gasteiger partial charge < -0.3 is 14.0 Å². The van der Waals surface area contributed by atoms with Crippen molar-refractivity contribution in [2.45, 2.75) is 30.8 Å². The van der Waals surface area contributed by atoms with Gasteiger partial charge in [0.2, 0.25) is 0 Å². The van der Waals surface area contributed by atoms with Crippen LogP contribution in [-0.2, 0) is 23.4 Å². The molecule has 1 aromatic heterocycles. The molecule has 3 atom stereocenters. The molecular weight excluding hydrogens is 484 g/mol. The van der Waals surface area contributed by atoms with Gasteiger partial charge in [-0.15, -0.1) is 0 Å². The monoisotopic (exact) mass is 514 g/mol. The van der Waals surface area contributed by atoms with Crippen molar-refractivity contribution in [2.75, 3.05) is 14.2 Å². The number of carbonyl (C=O) groups excluding carboxylic acids is 1. The predicted molar refractivity (Wildman–Crippen MR) is 152 cm³/mol. The zero-order valence-electron chi connectivity index (χ0n) is 22.1. The molecular formula is C34H30N2O3. The van der Waals surface area contributed by atoms with E-state index in [-0.39, 0.29) is 6.04 Å². The van der Waals surface area contributed by atoms with Gasteiger partial charge >= 0.3 is 0 Å². The maximum atomic E-state index is 11.8. The predicted octanol–water partition coefficient (Wildman–Crippen LogP) is 6.34. The zero-order chi connectivity index (χ0) is 26.6. The minimum atomic E-state index is -0.469. The summed E-state index contributed by atoms with van der Waals surface area (Å²) in [5.74, 6) is 0.716. The van der Waals surface area contributed by atoms with Gasteiger partial charge in [0.25, 0.3) is 0 Å². The van der Waals surface area contributed by atoms with Crippen LogP contribution < -0.4 is 4.74 Å². The smallest absolute Gasteiger partial charge is 0.150 e. The van der Waals surface area contributed by atoms with E-state index >= 15 is 0 Å². The van der Waals surface area contributed by atoms with Crippen molar-refractivity contribution in [3.63, 3.8) is 0 Å². The molecule has 0 spiro atoms. The lowest BCUT2D eigenvalue weighted by Crippen LogP contribution is -2.40. The Morgan fingerprint density at radius 2 is 1.41 bits per heavy atom. The highest BCUT2D eigenvalue weighted by atomic mass is 16.5. The summed E-state index contributed by atoms with van der Waals surface area (Å²) in [4.78, 5) is 14.5. The van der Waals surface area contributed by atoms with E-state index in [2.05, 4.69) is 100 Å². The van der Waals surface area contributed by atoms with Crippen molar-refractivity contribution >= 4 is 17.2 Å². The SMILES string of the molecule is COCc1c2n(c3cc(C=O)cc(OC)c13)C[C@H]1[C@@H]2N1C(c1ccccc1)(c1ccccc1)c1ccccc1. The summed E-state index contributed by atoms with van der Waals surface area (Å²) < 4.78 is 13.9. The molecule has 194 valence electrons. The molecule has 0 N–H and O–H groups in total. The van der Waals surface area contributed by atoms with E-state index in [0.717, 1.165) is 29.3 Å². The van der Waals surface area contributed by atoms with Gasteiger partial charge in [0.05, 0.1) is 36.9 Å². The molecule has 7 rings (SSSR count). The van der Waals surface area contributed by atoms with Crippen molar-refractivity contribution in [2.24, 2.45) is 0 Å². The number of carbonyl (C=O) groups is 1. The van der Waals surface area contributed by atoms with Crippen LogP contribution in [0.15, 0.2) is 103 Å². The molecule has 0 saturated carbocycles. The fraction of sp³-hybridized carbons (Fsp3) is 0.206. The van der Waals surface area contributed by atoms with Gasteiger partial charge in [-0.25, -0.2) is 0 Å². The summed E-state index contributed by atoms with van der Waals surface area (Å²) in [5.41, 5.74) is 7.31. The number of aromatic nitrogens is 1. The van der Waals surface area contributed by atoms with Gasteiger partial charge in [-0.3, -0.25) is 9.69 Å². The highest BCUT2D eigenvalue weighted by Crippen LogP contribution is 2.62. The van der Waals surface area contributed by atoms with E-state index < -0.39 is 5.54 Å². The van der Waals surface area contributed by atoms with Crippen LogP contribution in [0.5, 0.6) is 5.75 Å². The summed E-state index contributed by atoms with van der Waals surface area (Å²) in [6.07, 6.45) is 0.894. The molecule has 5 nitrogen and oxygen atoms in total. The Morgan fingerprint density at radius 3 is 1.90 bits per heavy atom. The second-order valence-electron chi connectivity index (χ2n) is 10.4. The average Bonchev–Trinajstić information content (AvgIpc) is 3.41. The molecule has 2 aliphatic heterocycles. The largest absolute Gasteiger partial charge is 0.496 e. The van der Waals surface area contributed by atoms with Gasteiger partial charge in [0.1, 0.15) is 12.0 Å². The Balaban J connectivity index is 1.49. The number of benzene rings is 4. The summed E-state index contributed by atoms with van der Waals surface area (Å²) in [6, 6.07) is 36.8. The van der Waals surface area contributed by atoms with Crippen molar-refractivity contribution in [1.29, 1.82) is 0 Å². The zero-order valence-corrected chi connectivity index (χ0v) is 22.1. The number of hydrogen-bond donors (Lipinski definition) is 0. The van der Waals surface area contributed by atoms with E-state index in [0.29, 0.717) is 24.0 Å². The molecule has 39 heavy (non-hydrogen) atoms. The second-order valence-corrected chi connectivity index (χ2v) is 10.4. The highest BCUT2D eigenvalue weighted by molar-refractivity contribution is 5.96. The highest BCUT2D eigenvalue weighted by Gasteiger charge is 2.65. The fourth-order valence-corrected chi connectivity index (χ4v) is 7.02. The molecule has 0 aliphatic carbocycles. The minimum absolute atomic E-state index is 0.188. The number of aldehydes is 1. The molecule has 1 saturated heterocycles. The van der Waals surface area contributed by atoms with Crippen LogP contribution in [0, 0.1) is 0 Å². The molecule has 0 amide bonds. The maximum Gasteiger partial charge on any atom is 0.150 e. The first-order valence-corrected chi connectivity index (χ1v) is 13.4. The average molecular weight is 515 g/mol. The Morgan fingerprint density at radius 1 is 0.846 bits per heavy atom. The molecule has 1 fully saturated rings. The topological polar surface area (TPSA) is 43.5 Å². The number of rotatable bonds is 8. The van der Waals surface area contributed by atoms with Gasteiger partial charge in [-0.2, -0.15) is 0 Å². The summed E-state index contributed by atoms with van der Waals surface area (Å²) in [7, 11) is 3.40. The molecule has 5 aromatic rings. The van der Waals surface area contributed by atoms with Crippen LogP contribution in [0.25, 0.3) is 10.9 Å². The Bertz CT molecular complexity index is 1560. The second kappa shape index (κ2) is 9.23. The van der Waals surface area contributed by atoms with Crippen molar-refractivity contribution in [3.05, 3.63) is 137 Å². The van der Waals surface area contributed by atoms with Crippen LogP contribution in [0.2, 0.25) is 0 Å². The first-order chi connectivity index (χ1) is 19.2. The van der Waals surface area contributed by atoms with Crippen LogP contribution >= 0.6 is 0 Å². The molecule has 1 unspecified atom stereocenters. The fourth-order valence-electron chi connectivity index (χ4n) is 7.02. The van der Waals surface area contributed by atoms with Gasteiger partial charge in [0.15, 0.2) is 0 Å². The quantitative estimate of drug-likeness (QED) is 0.138. The van der Waals surface area contributed by atoms with Gasteiger partial charge in [0, 0.05) is 35.9 Å². The normalized spacial score (nSPS) is 19.5. The van der Waals surface area contributed by atoms with Gasteiger partial charge in [-0.05, 0) is 28.8 Å². The van der Waals surface area contributed by atoms with Crippen molar-refractivity contribution in [1.82, 2.24) is 9.47 Å². The first kappa shape index (κ1) is 23.9. The lowest BCUT2D eigenvalue weighted by atomic mass is 9.76. The lowest BCUT2D eigenvalue weighted by Gasteiger charge is -2.39.